The van der Waals surface area contributed by atoms with Crippen molar-refractivity contribution in [2.75, 3.05) is 0 Å². The van der Waals surface area contributed by atoms with Gasteiger partial charge in [-0.25, -0.2) is 0 Å². The van der Waals surface area contributed by atoms with E-state index < -0.39 is 0 Å². The fourth-order valence-electron chi connectivity index (χ4n) is 2.37. The molecule has 0 aliphatic heterocycles. The number of hydrogen-bond acceptors (Lipinski definition) is 1. The Morgan fingerprint density at radius 2 is 1.80 bits per heavy atom. The second-order valence-electron chi connectivity index (χ2n) is 4.58. The fraction of sp³-hybridized carbons (Fsp3) is 0.538. The Balaban J connectivity index is 1.95. The largest absolute Gasteiger partial charge is 0.328 e. The normalized spacial score (nSPS) is 26.5. The minimum atomic E-state index is 0.459. The Kier molecular flexibility index (Phi) is 3.81. The lowest BCUT2D eigenvalue weighted by Gasteiger charge is -2.26. The van der Waals surface area contributed by atoms with E-state index in [0.717, 1.165) is 5.92 Å². The Hall–Kier alpha value is -0.340. The Morgan fingerprint density at radius 1 is 1.13 bits per heavy atom. The highest BCUT2D eigenvalue weighted by atomic mass is 79.9. The van der Waals surface area contributed by atoms with Gasteiger partial charge < -0.3 is 5.73 Å². The fourth-order valence-corrected chi connectivity index (χ4v) is 2.81. The van der Waals surface area contributed by atoms with Gasteiger partial charge in [-0.1, -0.05) is 34.1 Å². The van der Waals surface area contributed by atoms with Crippen molar-refractivity contribution in [2.45, 2.75) is 38.1 Å². The molecule has 1 aromatic carbocycles. The molecule has 2 heteroatoms. The minimum Gasteiger partial charge on any atom is -0.328 e. The van der Waals surface area contributed by atoms with Crippen molar-refractivity contribution >= 4 is 15.9 Å². The molecule has 2 N–H and O–H groups in total. The molecule has 0 atom stereocenters. The zero-order chi connectivity index (χ0) is 10.7. The smallest absolute Gasteiger partial charge is 0.0207 e. The van der Waals surface area contributed by atoms with E-state index in [-0.39, 0.29) is 0 Å². The molecule has 82 valence electrons. The monoisotopic (exact) mass is 267 g/mol. The third-order valence-electron chi connectivity index (χ3n) is 3.36. The summed E-state index contributed by atoms with van der Waals surface area (Å²) in [6, 6.07) is 9.00. The summed E-state index contributed by atoms with van der Waals surface area (Å²) >= 11 is 3.61. The number of benzene rings is 1. The van der Waals surface area contributed by atoms with E-state index in [1.807, 2.05) is 0 Å². The standard InChI is InChI=1S/C13H18BrN/c14-13-4-2-1-3-11(13)9-10-5-7-12(15)8-6-10/h1-4,10,12H,5-9,15H2. The molecule has 0 amide bonds. The van der Waals surface area contributed by atoms with E-state index in [1.165, 1.54) is 42.1 Å². The van der Waals surface area contributed by atoms with Crippen molar-refractivity contribution in [3.05, 3.63) is 34.3 Å². The second kappa shape index (κ2) is 5.13. The van der Waals surface area contributed by atoms with Crippen LogP contribution in [0.25, 0.3) is 0 Å². The van der Waals surface area contributed by atoms with Crippen LogP contribution < -0.4 is 5.73 Å². The van der Waals surface area contributed by atoms with Crippen LogP contribution in [0.15, 0.2) is 28.7 Å². The van der Waals surface area contributed by atoms with E-state index in [0.29, 0.717) is 6.04 Å². The summed E-state index contributed by atoms with van der Waals surface area (Å²) in [5, 5.41) is 0. The molecule has 2 rings (SSSR count). The van der Waals surface area contributed by atoms with Gasteiger partial charge in [0.2, 0.25) is 0 Å². The molecular weight excluding hydrogens is 250 g/mol. The SMILES string of the molecule is NC1CCC(Cc2ccccc2Br)CC1. The van der Waals surface area contributed by atoms with Crippen molar-refractivity contribution in [2.24, 2.45) is 11.7 Å². The average Bonchev–Trinajstić information content (AvgIpc) is 2.25. The maximum Gasteiger partial charge on any atom is 0.0207 e. The summed E-state index contributed by atoms with van der Waals surface area (Å²) in [6.45, 7) is 0. The molecule has 0 bridgehead atoms. The first-order valence-corrected chi connectivity index (χ1v) is 6.54. The predicted molar refractivity (Wildman–Crippen MR) is 67.8 cm³/mol. The maximum absolute atomic E-state index is 5.91. The van der Waals surface area contributed by atoms with Gasteiger partial charge in [0.15, 0.2) is 0 Å². The third-order valence-corrected chi connectivity index (χ3v) is 4.13. The number of nitrogens with two attached hydrogens (primary N) is 1. The van der Waals surface area contributed by atoms with Gasteiger partial charge in [-0.2, -0.15) is 0 Å². The molecule has 0 spiro atoms. The van der Waals surface area contributed by atoms with Gasteiger partial charge in [0, 0.05) is 10.5 Å². The number of halogens is 1. The second-order valence-corrected chi connectivity index (χ2v) is 5.43. The molecule has 1 nitrogen and oxygen atoms in total. The summed E-state index contributed by atoms with van der Waals surface area (Å²) in [7, 11) is 0. The first-order valence-electron chi connectivity index (χ1n) is 5.74. The summed E-state index contributed by atoms with van der Waals surface area (Å²) in [6.07, 6.45) is 6.20. The molecule has 1 saturated carbocycles. The van der Waals surface area contributed by atoms with E-state index in [9.17, 15) is 0 Å². The molecule has 0 unspecified atom stereocenters. The molecule has 1 aromatic rings. The molecule has 1 aliphatic carbocycles. The van der Waals surface area contributed by atoms with Crippen molar-refractivity contribution in [1.82, 2.24) is 0 Å². The topological polar surface area (TPSA) is 26.0 Å². The van der Waals surface area contributed by atoms with E-state index in [4.69, 9.17) is 5.73 Å². The summed E-state index contributed by atoms with van der Waals surface area (Å²) < 4.78 is 1.25. The molecule has 0 aromatic heterocycles. The van der Waals surface area contributed by atoms with E-state index >= 15 is 0 Å². The van der Waals surface area contributed by atoms with Gasteiger partial charge in [-0.05, 0) is 49.7 Å². The van der Waals surface area contributed by atoms with Crippen LogP contribution in [-0.4, -0.2) is 6.04 Å². The molecule has 1 fully saturated rings. The van der Waals surface area contributed by atoms with E-state index in [1.54, 1.807) is 0 Å². The van der Waals surface area contributed by atoms with Crippen molar-refractivity contribution in [1.29, 1.82) is 0 Å². The molecule has 15 heavy (non-hydrogen) atoms. The lowest BCUT2D eigenvalue weighted by molar-refractivity contribution is 0.324. The molecule has 0 heterocycles. The molecular formula is C13H18BrN. The van der Waals surface area contributed by atoms with Gasteiger partial charge in [0.05, 0.1) is 0 Å². The Labute approximate surface area is 100 Å². The zero-order valence-electron chi connectivity index (χ0n) is 8.95. The molecule has 0 radical (unpaired) electrons. The first kappa shape index (κ1) is 11.2. The number of hydrogen-bond donors (Lipinski definition) is 1. The average molecular weight is 268 g/mol. The van der Waals surface area contributed by atoms with Crippen LogP contribution in [0, 0.1) is 5.92 Å². The third kappa shape index (κ3) is 3.05. The van der Waals surface area contributed by atoms with Crippen LogP contribution in [0.1, 0.15) is 31.2 Å². The highest BCUT2D eigenvalue weighted by Gasteiger charge is 2.19. The van der Waals surface area contributed by atoms with Gasteiger partial charge in [0.25, 0.3) is 0 Å². The van der Waals surface area contributed by atoms with Crippen LogP contribution in [0.2, 0.25) is 0 Å². The zero-order valence-corrected chi connectivity index (χ0v) is 10.5. The summed E-state index contributed by atoms with van der Waals surface area (Å²) in [5.74, 6) is 0.837. The van der Waals surface area contributed by atoms with Gasteiger partial charge in [0.1, 0.15) is 0 Å². The van der Waals surface area contributed by atoms with Crippen LogP contribution in [0.4, 0.5) is 0 Å². The van der Waals surface area contributed by atoms with Gasteiger partial charge >= 0.3 is 0 Å². The van der Waals surface area contributed by atoms with Gasteiger partial charge in [-0.15, -0.1) is 0 Å². The summed E-state index contributed by atoms with van der Waals surface area (Å²) in [5.41, 5.74) is 7.35. The van der Waals surface area contributed by atoms with Gasteiger partial charge in [-0.3, -0.25) is 0 Å². The van der Waals surface area contributed by atoms with Crippen molar-refractivity contribution in [3.8, 4) is 0 Å². The van der Waals surface area contributed by atoms with Crippen LogP contribution in [0.5, 0.6) is 0 Å². The Morgan fingerprint density at radius 3 is 2.47 bits per heavy atom. The summed E-state index contributed by atoms with van der Waals surface area (Å²) in [4.78, 5) is 0. The van der Waals surface area contributed by atoms with E-state index in [2.05, 4.69) is 40.2 Å². The predicted octanol–water partition coefficient (Wildman–Crippen LogP) is 3.51. The van der Waals surface area contributed by atoms with Crippen LogP contribution in [0.3, 0.4) is 0 Å². The number of rotatable bonds is 2. The lowest BCUT2D eigenvalue weighted by atomic mass is 9.83. The highest BCUT2D eigenvalue weighted by Crippen LogP contribution is 2.28. The molecule has 1 aliphatic rings. The van der Waals surface area contributed by atoms with Crippen molar-refractivity contribution < 1.29 is 0 Å². The lowest BCUT2D eigenvalue weighted by Crippen LogP contribution is -2.27. The quantitative estimate of drug-likeness (QED) is 0.872. The minimum absolute atomic E-state index is 0.459. The van der Waals surface area contributed by atoms with Crippen LogP contribution in [-0.2, 0) is 6.42 Å². The Bertz CT molecular complexity index is 316. The molecule has 0 saturated heterocycles. The maximum atomic E-state index is 5.91. The first-order chi connectivity index (χ1) is 7.25. The van der Waals surface area contributed by atoms with Crippen molar-refractivity contribution in [3.63, 3.8) is 0 Å². The van der Waals surface area contributed by atoms with Crippen LogP contribution >= 0.6 is 15.9 Å². The highest BCUT2D eigenvalue weighted by molar-refractivity contribution is 9.10.